The maximum atomic E-state index is 6.39. The summed E-state index contributed by atoms with van der Waals surface area (Å²) >= 11 is 1.90. The summed E-state index contributed by atoms with van der Waals surface area (Å²) in [7, 11) is 0. The van der Waals surface area contributed by atoms with E-state index in [0.29, 0.717) is 6.10 Å². The lowest BCUT2D eigenvalue weighted by molar-refractivity contribution is -0.0766. The average molecular weight is 395 g/mol. The Morgan fingerprint density at radius 3 is 2.64 bits per heavy atom. The first-order valence-electron chi connectivity index (χ1n) is 10.8. The van der Waals surface area contributed by atoms with E-state index in [1.54, 1.807) is 0 Å². The summed E-state index contributed by atoms with van der Waals surface area (Å²) in [6, 6.07) is 15.7. The lowest BCUT2D eigenvalue weighted by Crippen LogP contribution is -2.51. The Balaban J connectivity index is 1.33. The number of rotatable bonds is 6. The first kappa shape index (κ1) is 18.5. The molecule has 148 valence electrons. The van der Waals surface area contributed by atoms with Gasteiger partial charge >= 0.3 is 0 Å². The minimum atomic E-state index is 0.424. The first-order valence-corrected chi connectivity index (χ1v) is 11.6. The molecule has 2 aromatic rings. The van der Waals surface area contributed by atoms with E-state index < -0.39 is 0 Å². The van der Waals surface area contributed by atoms with E-state index in [9.17, 15) is 0 Å². The van der Waals surface area contributed by atoms with Crippen LogP contribution in [0.1, 0.15) is 38.2 Å². The van der Waals surface area contributed by atoms with Crippen molar-refractivity contribution in [1.82, 2.24) is 4.90 Å². The van der Waals surface area contributed by atoms with Crippen molar-refractivity contribution < 1.29 is 4.74 Å². The number of fused-ring (bicyclic) bond motifs is 5. The Kier molecular flexibility index (Phi) is 5.36. The SMILES string of the molecule is CCCCN1c2ccccc2Sc2cc(COC3CN4CCC3CC4)ccc21. The van der Waals surface area contributed by atoms with Crippen molar-refractivity contribution in [2.45, 2.75) is 55.1 Å². The van der Waals surface area contributed by atoms with E-state index in [4.69, 9.17) is 4.74 Å². The Morgan fingerprint density at radius 2 is 1.86 bits per heavy atom. The molecule has 4 aliphatic heterocycles. The zero-order valence-corrected chi connectivity index (χ0v) is 17.6. The summed E-state index contributed by atoms with van der Waals surface area (Å²) in [6.45, 7) is 7.75. The minimum Gasteiger partial charge on any atom is -0.372 e. The van der Waals surface area contributed by atoms with Gasteiger partial charge in [-0.25, -0.2) is 0 Å². The largest absolute Gasteiger partial charge is 0.372 e. The molecule has 1 unspecified atom stereocenters. The van der Waals surface area contributed by atoms with E-state index in [2.05, 4.69) is 59.2 Å². The minimum absolute atomic E-state index is 0.424. The number of ether oxygens (including phenoxy) is 1. The molecule has 6 rings (SSSR count). The van der Waals surface area contributed by atoms with Gasteiger partial charge in [0.15, 0.2) is 0 Å². The first-order chi connectivity index (χ1) is 13.8. The van der Waals surface area contributed by atoms with Gasteiger partial charge in [-0.3, -0.25) is 0 Å². The third kappa shape index (κ3) is 3.58. The molecule has 3 nitrogen and oxygen atoms in total. The third-order valence-electron chi connectivity index (χ3n) is 6.49. The molecule has 4 aliphatic rings. The van der Waals surface area contributed by atoms with Crippen molar-refractivity contribution in [2.24, 2.45) is 5.92 Å². The Morgan fingerprint density at radius 1 is 1.04 bits per heavy atom. The molecule has 3 saturated heterocycles. The van der Waals surface area contributed by atoms with Crippen molar-refractivity contribution in [2.75, 3.05) is 31.1 Å². The molecule has 4 heteroatoms. The number of para-hydroxylation sites is 1. The predicted molar refractivity (Wildman–Crippen MR) is 117 cm³/mol. The molecule has 3 fully saturated rings. The molecule has 0 N–H and O–H groups in total. The molecule has 2 bridgehead atoms. The number of hydrogen-bond donors (Lipinski definition) is 0. The molecular formula is C24H30N2OS. The van der Waals surface area contributed by atoms with Gasteiger partial charge in [0.25, 0.3) is 0 Å². The number of benzene rings is 2. The normalized spacial score (nSPS) is 25.5. The average Bonchev–Trinajstić information content (AvgIpc) is 2.76. The van der Waals surface area contributed by atoms with Gasteiger partial charge in [0.1, 0.15) is 0 Å². The van der Waals surface area contributed by atoms with Crippen molar-refractivity contribution >= 4 is 23.1 Å². The predicted octanol–water partition coefficient (Wildman–Crippen LogP) is 5.70. The molecule has 4 heterocycles. The van der Waals surface area contributed by atoms with Crippen molar-refractivity contribution in [3.8, 4) is 0 Å². The van der Waals surface area contributed by atoms with Gasteiger partial charge in [-0.1, -0.05) is 43.3 Å². The highest BCUT2D eigenvalue weighted by molar-refractivity contribution is 7.99. The fraction of sp³-hybridized carbons (Fsp3) is 0.500. The molecule has 0 aliphatic carbocycles. The quantitative estimate of drug-likeness (QED) is 0.624. The topological polar surface area (TPSA) is 15.7 Å². The summed E-state index contributed by atoms with van der Waals surface area (Å²) < 4.78 is 6.39. The maximum Gasteiger partial charge on any atom is 0.0735 e. The Labute approximate surface area is 173 Å². The smallest absolute Gasteiger partial charge is 0.0735 e. The van der Waals surface area contributed by atoms with E-state index in [-0.39, 0.29) is 0 Å². The summed E-state index contributed by atoms with van der Waals surface area (Å²) in [5, 5.41) is 0. The van der Waals surface area contributed by atoms with Crippen LogP contribution < -0.4 is 4.90 Å². The molecular weight excluding hydrogens is 364 g/mol. The summed E-state index contributed by atoms with van der Waals surface area (Å²) in [5.41, 5.74) is 4.01. The molecule has 0 saturated carbocycles. The van der Waals surface area contributed by atoms with Gasteiger partial charge in [-0.05, 0) is 68.1 Å². The highest BCUT2D eigenvalue weighted by Gasteiger charge is 2.34. The van der Waals surface area contributed by atoms with Crippen LogP contribution in [0.4, 0.5) is 11.4 Å². The van der Waals surface area contributed by atoms with Crippen molar-refractivity contribution in [3.05, 3.63) is 48.0 Å². The number of unbranched alkanes of at least 4 members (excludes halogenated alkanes) is 1. The van der Waals surface area contributed by atoms with Crippen LogP contribution in [0.3, 0.4) is 0 Å². The maximum absolute atomic E-state index is 6.39. The van der Waals surface area contributed by atoms with Crippen molar-refractivity contribution in [3.63, 3.8) is 0 Å². The van der Waals surface area contributed by atoms with Crippen molar-refractivity contribution in [1.29, 1.82) is 0 Å². The van der Waals surface area contributed by atoms with E-state index in [1.807, 2.05) is 11.8 Å². The Hall–Kier alpha value is -1.49. The van der Waals surface area contributed by atoms with Crippen LogP contribution in [0, 0.1) is 5.92 Å². The van der Waals surface area contributed by atoms with Crippen LogP contribution in [0.2, 0.25) is 0 Å². The van der Waals surface area contributed by atoms with Crippen LogP contribution >= 0.6 is 11.8 Å². The van der Waals surface area contributed by atoms with E-state index >= 15 is 0 Å². The fourth-order valence-electron chi connectivity index (χ4n) is 4.83. The highest BCUT2D eigenvalue weighted by atomic mass is 32.2. The molecule has 0 spiro atoms. The summed E-state index contributed by atoms with van der Waals surface area (Å²) in [6.07, 6.45) is 5.48. The zero-order chi connectivity index (χ0) is 18.9. The second-order valence-electron chi connectivity index (χ2n) is 8.36. The second kappa shape index (κ2) is 8.10. The number of anilines is 2. The molecule has 28 heavy (non-hydrogen) atoms. The Bertz CT molecular complexity index is 831. The fourth-order valence-corrected chi connectivity index (χ4v) is 5.99. The summed E-state index contributed by atoms with van der Waals surface area (Å²) in [5.74, 6) is 0.772. The van der Waals surface area contributed by atoms with Gasteiger partial charge in [-0.2, -0.15) is 0 Å². The van der Waals surface area contributed by atoms with E-state index in [1.165, 1.54) is 65.5 Å². The molecule has 1 atom stereocenters. The lowest BCUT2D eigenvalue weighted by Gasteiger charge is -2.44. The number of nitrogens with zero attached hydrogens (tertiary/aromatic N) is 2. The van der Waals surface area contributed by atoms with Crippen LogP contribution in [-0.4, -0.2) is 37.2 Å². The van der Waals surface area contributed by atoms with Crippen LogP contribution in [0.5, 0.6) is 0 Å². The van der Waals surface area contributed by atoms with Gasteiger partial charge in [-0.15, -0.1) is 0 Å². The molecule has 0 radical (unpaired) electrons. The second-order valence-corrected chi connectivity index (χ2v) is 9.45. The lowest BCUT2D eigenvalue weighted by atomic mass is 9.86. The van der Waals surface area contributed by atoms with Crippen LogP contribution in [-0.2, 0) is 11.3 Å². The van der Waals surface area contributed by atoms with Gasteiger partial charge < -0.3 is 14.5 Å². The standard InChI is InChI=1S/C24H30N2OS/c1-2-3-12-26-20-6-4-5-7-23(20)28-24-15-18(8-9-21(24)26)17-27-22-16-25-13-10-19(22)11-14-25/h4-9,15,19,22H,2-3,10-14,16-17H2,1H3. The van der Waals surface area contributed by atoms with Crippen LogP contribution in [0.15, 0.2) is 52.3 Å². The van der Waals surface area contributed by atoms with Gasteiger partial charge in [0, 0.05) is 22.9 Å². The highest BCUT2D eigenvalue weighted by Crippen LogP contribution is 2.48. The summed E-state index contributed by atoms with van der Waals surface area (Å²) in [4.78, 5) is 7.80. The third-order valence-corrected chi connectivity index (χ3v) is 7.60. The van der Waals surface area contributed by atoms with Gasteiger partial charge in [0.05, 0.1) is 24.1 Å². The monoisotopic (exact) mass is 394 g/mol. The van der Waals surface area contributed by atoms with E-state index in [0.717, 1.165) is 25.6 Å². The van der Waals surface area contributed by atoms with Crippen LogP contribution in [0.25, 0.3) is 0 Å². The molecule has 0 aromatic heterocycles. The zero-order valence-electron chi connectivity index (χ0n) is 16.8. The number of piperidine rings is 3. The molecule has 0 amide bonds. The number of hydrogen-bond acceptors (Lipinski definition) is 4. The van der Waals surface area contributed by atoms with Gasteiger partial charge in [0.2, 0.25) is 0 Å². The molecule has 2 aromatic carbocycles.